The Morgan fingerprint density at radius 1 is 1.04 bits per heavy atom. The van der Waals surface area contributed by atoms with Crippen molar-refractivity contribution in [3.8, 4) is 11.5 Å². The first-order chi connectivity index (χ1) is 11.7. The lowest BCUT2D eigenvalue weighted by Crippen LogP contribution is -2.34. The summed E-state index contributed by atoms with van der Waals surface area (Å²) in [5.41, 5.74) is 1.73. The maximum Gasteiger partial charge on any atom is 0.138 e. The van der Waals surface area contributed by atoms with Crippen LogP contribution in [0.2, 0.25) is 5.02 Å². The number of ether oxygens (including phenoxy) is 2. The van der Waals surface area contributed by atoms with Crippen molar-refractivity contribution in [3.05, 3.63) is 41.4 Å². The number of hydrogen-bond acceptors (Lipinski definition) is 4. The number of nitrogens with one attached hydrogen (secondary N) is 1. The molecule has 4 rings (SSSR count). The van der Waals surface area contributed by atoms with Crippen LogP contribution in [0, 0.1) is 0 Å². The molecule has 0 aliphatic carbocycles. The molecular formula is C19H19ClN2O2. The number of hydrogen-bond donors (Lipinski definition) is 1. The van der Waals surface area contributed by atoms with E-state index in [0.717, 1.165) is 59.2 Å². The second kappa shape index (κ2) is 6.46. The quantitative estimate of drug-likeness (QED) is 0.725. The van der Waals surface area contributed by atoms with Gasteiger partial charge < -0.3 is 14.8 Å². The van der Waals surface area contributed by atoms with Gasteiger partial charge in [0.15, 0.2) is 0 Å². The summed E-state index contributed by atoms with van der Waals surface area (Å²) in [7, 11) is 1.67. The molecule has 0 unspecified atom stereocenters. The number of methoxy groups -OCH3 is 1. The van der Waals surface area contributed by atoms with Gasteiger partial charge in [-0.15, -0.1) is 0 Å². The second-order valence-corrected chi connectivity index (χ2v) is 6.49. The van der Waals surface area contributed by atoms with Gasteiger partial charge in [0.25, 0.3) is 0 Å². The zero-order chi connectivity index (χ0) is 16.5. The van der Waals surface area contributed by atoms with Crippen LogP contribution in [0.5, 0.6) is 11.5 Å². The molecule has 0 spiro atoms. The van der Waals surface area contributed by atoms with Crippen LogP contribution in [-0.2, 0) is 0 Å². The topological polar surface area (TPSA) is 43.4 Å². The summed E-state index contributed by atoms with van der Waals surface area (Å²) in [4.78, 5) is 4.74. The van der Waals surface area contributed by atoms with Crippen LogP contribution in [0.1, 0.15) is 12.8 Å². The van der Waals surface area contributed by atoms with Gasteiger partial charge in [-0.25, -0.2) is 4.98 Å². The van der Waals surface area contributed by atoms with E-state index in [0.29, 0.717) is 5.02 Å². The number of halogens is 1. The Bertz CT molecular complexity index is 891. The standard InChI is InChI=1S/C19H19ClN2O2/c1-23-14-3-5-17-16(11-14)19(24-13-6-8-21-9-7-13)15-4-2-12(20)10-18(15)22-17/h2-5,10-11,13,21H,6-9H2,1H3. The van der Waals surface area contributed by atoms with Crippen LogP contribution < -0.4 is 14.8 Å². The molecule has 2 aromatic carbocycles. The average Bonchev–Trinajstić information content (AvgIpc) is 2.62. The van der Waals surface area contributed by atoms with E-state index in [2.05, 4.69) is 5.32 Å². The maximum atomic E-state index is 6.44. The van der Waals surface area contributed by atoms with Gasteiger partial charge >= 0.3 is 0 Å². The van der Waals surface area contributed by atoms with Gasteiger partial charge in [0.2, 0.25) is 0 Å². The molecule has 24 heavy (non-hydrogen) atoms. The van der Waals surface area contributed by atoms with Gasteiger partial charge in [0, 0.05) is 15.8 Å². The van der Waals surface area contributed by atoms with Gasteiger partial charge in [-0.1, -0.05) is 11.6 Å². The summed E-state index contributed by atoms with van der Waals surface area (Å²) in [5.74, 6) is 1.67. The third kappa shape index (κ3) is 2.87. The average molecular weight is 343 g/mol. The van der Waals surface area contributed by atoms with Crippen LogP contribution >= 0.6 is 11.6 Å². The minimum atomic E-state index is 0.210. The molecule has 0 amide bonds. The smallest absolute Gasteiger partial charge is 0.138 e. The Balaban J connectivity index is 1.92. The lowest BCUT2D eigenvalue weighted by molar-refractivity contribution is 0.166. The van der Waals surface area contributed by atoms with Crippen LogP contribution in [0.15, 0.2) is 36.4 Å². The summed E-state index contributed by atoms with van der Waals surface area (Å²) in [6.45, 7) is 1.97. The van der Waals surface area contributed by atoms with Crippen LogP contribution in [0.4, 0.5) is 0 Å². The fourth-order valence-corrected chi connectivity index (χ4v) is 3.36. The van der Waals surface area contributed by atoms with E-state index >= 15 is 0 Å². The summed E-state index contributed by atoms with van der Waals surface area (Å²) >= 11 is 6.15. The summed E-state index contributed by atoms with van der Waals surface area (Å²) in [6, 6.07) is 11.6. The van der Waals surface area contributed by atoms with E-state index in [1.165, 1.54) is 0 Å². The summed E-state index contributed by atoms with van der Waals surface area (Å²) in [6.07, 6.45) is 2.22. The molecule has 1 N–H and O–H groups in total. The lowest BCUT2D eigenvalue weighted by Gasteiger charge is -2.25. The number of aromatic nitrogens is 1. The Hall–Kier alpha value is -2.04. The monoisotopic (exact) mass is 342 g/mol. The third-order valence-electron chi connectivity index (χ3n) is 4.46. The number of fused-ring (bicyclic) bond motifs is 2. The lowest BCUT2D eigenvalue weighted by atomic mass is 10.1. The molecule has 1 fully saturated rings. The van der Waals surface area contributed by atoms with Crippen molar-refractivity contribution >= 4 is 33.4 Å². The molecule has 0 atom stereocenters. The molecule has 3 aromatic rings. The van der Waals surface area contributed by atoms with Gasteiger partial charge in [-0.2, -0.15) is 0 Å². The first kappa shape index (κ1) is 15.5. The molecular weight excluding hydrogens is 324 g/mol. The van der Waals surface area contributed by atoms with Crippen LogP contribution in [-0.4, -0.2) is 31.3 Å². The molecule has 0 saturated carbocycles. The predicted octanol–water partition coefficient (Wildman–Crippen LogP) is 4.18. The maximum absolute atomic E-state index is 6.44. The Morgan fingerprint density at radius 3 is 2.67 bits per heavy atom. The summed E-state index contributed by atoms with van der Waals surface area (Å²) < 4.78 is 11.8. The van der Waals surface area contributed by atoms with Crippen molar-refractivity contribution < 1.29 is 9.47 Å². The largest absolute Gasteiger partial charge is 0.497 e. The minimum Gasteiger partial charge on any atom is -0.497 e. The van der Waals surface area contributed by atoms with E-state index in [1.807, 2.05) is 36.4 Å². The zero-order valence-electron chi connectivity index (χ0n) is 13.5. The van der Waals surface area contributed by atoms with E-state index in [9.17, 15) is 0 Å². The van der Waals surface area contributed by atoms with Gasteiger partial charge in [-0.3, -0.25) is 0 Å². The molecule has 1 aliphatic heterocycles. The highest BCUT2D eigenvalue weighted by atomic mass is 35.5. The molecule has 5 heteroatoms. The predicted molar refractivity (Wildman–Crippen MR) is 97.3 cm³/mol. The molecule has 1 aliphatic rings. The highest BCUT2D eigenvalue weighted by Crippen LogP contribution is 2.37. The fraction of sp³-hybridized carbons (Fsp3) is 0.316. The minimum absolute atomic E-state index is 0.210. The van der Waals surface area contributed by atoms with E-state index in [1.54, 1.807) is 7.11 Å². The first-order valence-corrected chi connectivity index (χ1v) is 8.57. The van der Waals surface area contributed by atoms with E-state index < -0.39 is 0 Å². The Labute approximate surface area is 145 Å². The van der Waals surface area contributed by atoms with Crippen molar-refractivity contribution in [2.75, 3.05) is 20.2 Å². The molecule has 2 heterocycles. The van der Waals surface area contributed by atoms with E-state index in [-0.39, 0.29) is 6.10 Å². The highest BCUT2D eigenvalue weighted by molar-refractivity contribution is 6.31. The molecule has 124 valence electrons. The molecule has 0 radical (unpaired) electrons. The van der Waals surface area contributed by atoms with E-state index in [4.69, 9.17) is 26.1 Å². The Morgan fingerprint density at radius 2 is 1.88 bits per heavy atom. The number of nitrogens with zero attached hydrogens (tertiary/aromatic N) is 1. The van der Waals surface area contributed by atoms with Crippen molar-refractivity contribution in [1.29, 1.82) is 0 Å². The van der Waals surface area contributed by atoms with Crippen LogP contribution in [0.25, 0.3) is 21.8 Å². The highest BCUT2D eigenvalue weighted by Gasteiger charge is 2.19. The van der Waals surface area contributed by atoms with Gasteiger partial charge in [0.05, 0.1) is 18.1 Å². The third-order valence-corrected chi connectivity index (χ3v) is 4.70. The van der Waals surface area contributed by atoms with Gasteiger partial charge in [0.1, 0.15) is 17.6 Å². The number of piperidine rings is 1. The molecule has 1 aromatic heterocycles. The SMILES string of the molecule is COc1ccc2nc3cc(Cl)ccc3c(OC3CCNCC3)c2c1. The number of pyridine rings is 1. The van der Waals surface area contributed by atoms with Crippen molar-refractivity contribution in [1.82, 2.24) is 10.3 Å². The van der Waals surface area contributed by atoms with Crippen molar-refractivity contribution in [2.24, 2.45) is 0 Å². The van der Waals surface area contributed by atoms with Gasteiger partial charge in [-0.05, 0) is 62.3 Å². The number of rotatable bonds is 3. The fourth-order valence-electron chi connectivity index (χ4n) is 3.19. The van der Waals surface area contributed by atoms with Crippen molar-refractivity contribution in [3.63, 3.8) is 0 Å². The molecule has 4 nitrogen and oxygen atoms in total. The second-order valence-electron chi connectivity index (χ2n) is 6.05. The number of benzene rings is 2. The zero-order valence-corrected chi connectivity index (χ0v) is 14.3. The molecule has 0 bridgehead atoms. The van der Waals surface area contributed by atoms with Crippen LogP contribution in [0.3, 0.4) is 0 Å². The van der Waals surface area contributed by atoms with Crippen molar-refractivity contribution in [2.45, 2.75) is 18.9 Å². The Kier molecular flexibility index (Phi) is 4.17. The first-order valence-electron chi connectivity index (χ1n) is 8.19. The normalized spacial score (nSPS) is 15.8. The molecule has 1 saturated heterocycles. The summed E-state index contributed by atoms with van der Waals surface area (Å²) in [5, 5.41) is 6.01.